The number of aryl methyl sites for hydroxylation is 1. The normalized spacial score (nSPS) is 16.4. The van der Waals surface area contributed by atoms with Crippen LogP contribution < -0.4 is 0 Å². The third-order valence-corrected chi connectivity index (χ3v) is 5.43. The van der Waals surface area contributed by atoms with E-state index in [4.69, 9.17) is 0 Å². The Morgan fingerprint density at radius 3 is 2.96 bits per heavy atom. The van der Waals surface area contributed by atoms with E-state index in [9.17, 15) is 9.59 Å². The van der Waals surface area contributed by atoms with E-state index in [2.05, 4.69) is 31.9 Å². The number of carbonyl (C=O) groups is 2. The summed E-state index contributed by atoms with van der Waals surface area (Å²) in [6, 6.07) is 8.26. The number of ketones is 1. The highest BCUT2D eigenvalue weighted by Gasteiger charge is 2.28. The van der Waals surface area contributed by atoms with E-state index < -0.39 is 0 Å². The number of hydrogen-bond donors (Lipinski definition) is 0. The summed E-state index contributed by atoms with van der Waals surface area (Å²) in [7, 11) is 1.34. The van der Waals surface area contributed by atoms with Crippen molar-refractivity contribution in [3.05, 3.63) is 52.8 Å². The number of hydrogen-bond acceptors (Lipinski definition) is 7. The van der Waals surface area contributed by atoms with Crippen LogP contribution in [-0.4, -0.2) is 44.2 Å². The summed E-state index contributed by atoms with van der Waals surface area (Å²) in [5.41, 5.74) is 3.69. The summed E-state index contributed by atoms with van der Waals surface area (Å²) >= 11 is 1.18. The zero-order chi connectivity index (χ0) is 19.0. The number of aromatic nitrogens is 4. The Labute approximate surface area is 160 Å². The maximum Gasteiger partial charge on any atom is 0.316 e. The average molecular weight is 382 g/mol. The van der Waals surface area contributed by atoms with Crippen molar-refractivity contribution >= 4 is 29.3 Å². The quantitative estimate of drug-likeness (QED) is 0.506. The molecule has 0 aliphatic heterocycles. The van der Waals surface area contributed by atoms with E-state index in [1.165, 1.54) is 29.0 Å². The number of carbonyl (C=O) groups excluding carboxylic acids is 2. The van der Waals surface area contributed by atoms with Crippen molar-refractivity contribution in [2.75, 3.05) is 12.9 Å². The number of methoxy groups -OCH3 is 1. The lowest BCUT2D eigenvalue weighted by Gasteiger charge is -2.23. The van der Waals surface area contributed by atoms with E-state index in [0.717, 1.165) is 11.3 Å². The third-order valence-electron chi connectivity index (χ3n) is 4.62. The molecule has 0 spiro atoms. The minimum Gasteiger partial charge on any atom is -0.468 e. The number of thioether (sulfide) groups is 1. The smallest absolute Gasteiger partial charge is 0.316 e. The van der Waals surface area contributed by atoms with Crippen LogP contribution in [0.25, 0.3) is 5.78 Å². The fraction of sp³-hybridized carbons (Fsp3) is 0.316. The van der Waals surface area contributed by atoms with Gasteiger partial charge in [-0.15, -0.1) is 5.10 Å². The highest BCUT2D eigenvalue weighted by Crippen LogP contribution is 2.32. The first-order valence-corrected chi connectivity index (χ1v) is 9.57. The van der Waals surface area contributed by atoms with Gasteiger partial charge in [0.05, 0.1) is 24.1 Å². The van der Waals surface area contributed by atoms with Gasteiger partial charge in [0, 0.05) is 12.6 Å². The predicted molar refractivity (Wildman–Crippen MR) is 100 cm³/mol. The molecule has 27 heavy (non-hydrogen) atoms. The molecule has 0 fully saturated rings. The molecule has 1 aliphatic rings. The van der Waals surface area contributed by atoms with Crippen molar-refractivity contribution in [3.63, 3.8) is 0 Å². The van der Waals surface area contributed by atoms with Crippen LogP contribution in [0.5, 0.6) is 0 Å². The molecule has 0 saturated heterocycles. The van der Waals surface area contributed by atoms with Crippen molar-refractivity contribution in [1.29, 1.82) is 0 Å². The van der Waals surface area contributed by atoms with E-state index in [1.807, 2.05) is 19.1 Å². The summed E-state index contributed by atoms with van der Waals surface area (Å²) in [4.78, 5) is 32.9. The topological polar surface area (TPSA) is 86.4 Å². The second-order valence-corrected chi connectivity index (χ2v) is 7.49. The molecule has 4 rings (SSSR count). The van der Waals surface area contributed by atoms with Gasteiger partial charge in [-0.2, -0.15) is 4.98 Å². The minimum absolute atomic E-state index is 0.0661. The second-order valence-electron chi connectivity index (χ2n) is 6.55. The number of esters is 1. The third kappa shape index (κ3) is 3.57. The zero-order valence-electron chi connectivity index (χ0n) is 15.0. The molecule has 138 valence electrons. The molecule has 1 aliphatic carbocycles. The summed E-state index contributed by atoms with van der Waals surface area (Å²) in [6.45, 7) is 2.05. The molecule has 0 unspecified atom stereocenters. The van der Waals surface area contributed by atoms with Gasteiger partial charge in [-0.3, -0.25) is 9.59 Å². The van der Waals surface area contributed by atoms with Gasteiger partial charge in [0.1, 0.15) is 0 Å². The van der Waals surface area contributed by atoms with Gasteiger partial charge in [-0.05, 0) is 24.8 Å². The predicted octanol–water partition coefficient (Wildman–Crippen LogP) is 2.61. The van der Waals surface area contributed by atoms with Crippen LogP contribution in [0.15, 0.2) is 35.6 Å². The van der Waals surface area contributed by atoms with E-state index >= 15 is 0 Å². The molecule has 0 radical (unpaired) electrons. The molecule has 0 bridgehead atoms. The van der Waals surface area contributed by atoms with Crippen LogP contribution in [0.2, 0.25) is 0 Å². The molecule has 1 aromatic carbocycles. The molecule has 8 heteroatoms. The number of ether oxygens (including phenoxy) is 1. The first-order chi connectivity index (χ1) is 13.0. The van der Waals surface area contributed by atoms with Crippen LogP contribution in [0.4, 0.5) is 0 Å². The fourth-order valence-corrected chi connectivity index (χ4v) is 3.92. The largest absolute Gasteiger partial charge is 0.468 e. The lowest BCUT2D eigenvalue weighted by atomic mass is 9.82. The Hall–Kier alpha value is -2.74. The van der Waals surface area contributed by atoms with E-state index in [-0.39, 0.29) is 23.4 Å². The van der Waals surface area contributed by atoms with Gasteiger partial charge in [0.15, 0.2) is 5.78 Å². The van der Waals surface area contributed by atoms with Crippen molar-refractivity contribution < 1.29 is 14.3 Å². The average Bonchev–Trinajstić information content (AvgIpc) is 3.06. The van der Waals surface area contributed by atoms with Gasteiger partial charge in [0.25, 0.3) is 5.78 Å². The van der Waals surface area contributed by atoms with Crippen LogP contribution in [0.1, 0.15) is 39.5 Å². The molecule has 7 nitrogen and oxygen atoms in total. The minimum atomic E-state index is -0.345. The molecule has 0 saturated carbocycles. The number of fused-ring (bicyclic) bond motifs is 2. The number of rotatable bonds is 4. The second kappa shape index (κ2) is 7.11. The molecular formula is C19H18N4O3S. The number of benzene rings is 1. The molecule has 0 amide bonds. The van der Waals surface area contributed by atoms with Crippen LogP contribution in [0, 0.1) is 6.92 Å². The van der Waals surface area contributed by atoms with Crippen LogP contribution in [0.3, 0.4) is 0 Å². The van der Waals surface area contributed by atoms with Crippen molar-refractivity contribution in [2.45, 2.75) is 30.8 Å². The van der Waals surface area contributed by atoms with Gasteiger partial charge >= 0.3 is 5.97 Å². The first kappa shape index (κ1) is 17.7. The lowest BCUT2D eigenvalue weighted by molar-refractivity contribution is -0.137. The molecule has 2 heterocycles. The van der Waals surface area contributed by atoms with Crippen molar-refractivity contribution in [3.8, 4) is 0 Å². The van der Waals surface area contributed by atoms with Gasteiger partial charge in [-0.1, -0.05) is 41.6 Å². The Bertz CT molecular complexity index is 1050. The maximum absolute atomic E-state index is 12.7. The molecule has 2 aromatic heterocycles. The summed E-state index contributed by atoms with van der Waals surface area (Å²) in [5, 5.41) is 4.72. The monoisotopic (exact) mass is 382 g/mol. The summed E-state index contributed by atoms with van der Waals surface area (Å²) in [5.74, 6) is 0.398. The zero-order valence-corrected chi connectivity index (χ0v) is 15.8. The molecule has 0 N–H and O–H groups in total. The molecular weight excluding hydrogens is 364 g/mol. The summed E-state index contributed by atoms with van der Waals surface area (Å²) in [6.07, 6.45) is 2.85. The standard InChI is InChI=1S/C19H18N4O3S/c1-11-4-3-5-12(6-11)13-7-15-14(16(24)8-13)9-23-18(20-15)21-19(22-23)27-10-17(25)26-2/h3-6,9,13H,7-8,10H2,1-2H3/t13-/m1/s1. The lowest BCUT2D eigenvalue weighted by Crippen LogP contribution is -2.21. The van der Waals surface area contributed by atoms with Crippen LogP contribution >= 0.6 is 11.8 Å². The van der Waals surface area contributed by atoms with E-state index in [0.29, 0.717) is 29.3 Å². The first-order valence-electron chi connectivity index (χ1n) is 8.59. The van der Waals surface area contributed by atoms with Gasteiger partial charge < -0.3 is 4.74 Å². The van der Waals surface area contributed by atoms with Gasteiger partial charge in [0.2, 0.25) is 5.16 Å². The van der Waals surface area contributed by atoms with Crippen LogP contribution in [-0.2, 0) is 16.0 Å². The van der Waals surface area contributed by atoms with Crippen molar-refractivity contribution in [2.24, 2.45) is 0 Å². The van der Waals surface area contributed by atoms with Gasteiger partial charge in [-0.25, -0.2) is 9.50 Å². The number of nitrogens with zero attached hydrogens (tertiary/aromatic N) is 4. The van der Waals surface area contributed by atoms with Crippen molar-refractivity contribution in [1.82, 2.24) is 19.6 Å². The maximum atomic E-state index is 12.7. The Kier molecular flexibility index (Phi) is 4.65. The molecule has 1 atom stereocenters. The Morgan fingerprint density at radius 2 is 2.19 bits per heavy atom. The fourth-order valence-electron chi connectivity index (χ4n) is 3.27. The van der Waals surface area contributed by atoms with E-state index in [1.54, 1.807) is 6.20 Å². The molecule has 3 aromatic rings. The highest BCUT2D eigenvalue weighted by atomic mass is 32.2. The SMILES string of the molecule is COC(=O)CSc1nc2nc3c(cn2n1)C(=O)C[C@H](c1cccc(C)c1)C3. The summed E-state index contributed by atoms with van der Waals surface area (Å²) < 4.78 is 6.12. The Balaban J connectivity index is 1.63. The highest BCUT2D eigenvalue weighted by molar-refractivity contribution is 7.99. The number of Topliss-reactive ketones (excluding diaryl/α,β-unsaturated/α-hetero) is 1. The Morgan fingerprint density at radius 1 is 1.33 bits per heavy atom.